The molecule has 0 unspecified atom stereocenters. The van der Waals surface area contributed by atoms with E-state index in [1.807, 2.05) is 22.7 Å². The summed E-state index contributed by atoms with van der Waals surface area (Å²) in [6, 6.07) is 64.5. The Labute approximate surface area is 292 Å². The predicted molar refractivity (Wildman–Crippen MR) is 215 cm³/mol. The SMILES string of the molecule is c1ccc(-c2cc(N(c3ccc4ccccc4c3)c3cccc4c3sc3ccccc34)ccc2-c2cccc3sc4ccccc4c23)cc1. The fourth-order valence-corrected chi connectivity index (χ4v) is 9.75. The highest BCUT2D eigenvalue weighted by Crippen LogP contribution is 2.48. The van der Waals surface area contributed by atoms with Gasteiger partial charge < -0.3 is 4.90 Å². The third-order valence-electron chi connectivity index (χ3n) is 9.65. The first-order valence-electron chi connectivity index (χ1n) is 16.6. The Morgan fingerprint density at radius 1 is 0.367 bits per heavy atom. The summed E-state index contributed by atoms with van der Waals surface area (Å²) < 4.78 is 5.23. The second-order valence-electron chi connectivity index (χ2n) is 12.5. The normalized spacial score (nSPS) is 11.7. The quantitative estimate of drug-likeness (QED) is 0.178. The van der Waals surface area contributed by atoms with Crippen molar-refractivity contribution in [2.45, 2.75) is 0 Å². The highest BCUT2D eigenvalue weighted by Gasteiger charge is 2.21. The van der Waals surface area contributed by atoms with Gasteiger partial charge in [0, 0.05) is 47.0 Å². The molecule has 0 saturated carbocycles. The number of hydrogen-bond acceptors (Lipinski definition) is 3. The highest BCUT2D eigenvalue weighted by molar-refractivity contribution is 7.26. The number of rotatable bonds is 5. The zero-order valence-electron chi connectivity index (χ0n) is 26.5. The van der Waals surface area contributed by atoms with Crippen molar-refractivity contribution in [3.05, 3.63) is 176 Å². The molecule has 10 rings (SSSR count). The average Bonchev–Trinajstić information content (AvgIpc) is 3.74. The Balaban J connectivity index is 1.26. The van der Waals surface area contributed by atoms with Crippen LogP contribution in [0.2, 0.25) is 0 Å². The summed E-state index contributed by atoms with van der Waals surface area (Å²) in [5.74, 6) is 0. The molecule has 0 aliphatic carbocycles. The summed E-state index contributed by atoms with van der Waals surface area (Å²) in [4.78, 5) is 2.46. The fraction of sp³-hybridized carbons (Fsp3) is 0. The molecule has 0 amide bonds. The first-order valence-corrected chi connectivity index (χ1v) is 18.2. The standard InChI is InChI=1S/C46H29NS2/c1-2-13-31(14-3-1)40-29-34(26-27-35(40)37-18-11-23-44-45(37)39-17-7-9-22-43(39)48-44)47(33-25-24-30-12-4-5-15-32(30)28-33)41-20-10-19-38-36-16-6-8-21-42(36)49-46(38)41/h1-29H. The van der Waals surface area contributed by atoms with Crippen molar-refractivity contribution >= 4 is 90.9 Å². The van der Waals surface area contributed by atoms with Gasteiger partial charge in [0.15, 0.2) is 0 Å². The van der Waals surface area contributed by atoms with Crippen LogP contribution in [0.15, 0.2) is 176 Å². The number of nitrogens with zero attached hydrogens (tertiary/aromatic N) is 1. The lowest BCUT2D eigenvalue weighted by Gasteiger charge is -2.28. The van der Waals surface area contributed by atoms with E-state index in [0.717, 1.165) is 11.4 Å². The minimum Gasteiger partial charge on any atom is -0.309 e. The smallest absolute Gasteiger partial charge is 0.0640 e. The number of fused-ring (bicyclic) bond motifs is 7. The number of hydrogen-bond donors (Lipinski definition) is 0. The zero-order valence-corrected chi connectivity index (χ0v) is 28.1. The van der Waals surface area contributed by atoms with Crippen LogP contribution < -0.4 is 4.90 Å². The third kappa shape index (κ3) is 4.66. The highest BCUT2D eigenvalue weighted by atomic mass is 32.1. The van der Waals surface area contributed by atoms with Crippen LogP contribution in [-0.4, -0.2) is 0 Å². The predicted octanol–water partition coefficient (Wildman–Crippen LogP) is 14.4. The Hall–Kier alpha value is -5.74. The van der Waals surface area contributed by atoms with E-state index < -0.39 is 0 Å². The molecule has 0 N–H and O–H groups in total. The lowest BCUT2D eigenvalue weighted by molar-refractivity contribution is 1.31. The van der Waals surface area contributed by atoms with Crippen molar-refractivity contribution < 1.29 is 0 Å². The Morgan fingerprint density at radius 2 is 1.02 bits per heavy atom. The van der Waals surface area contributed by atoms with E-state index in [9.17, 15) is 0 Å². The van der Waals surface area contributed by atoms with Crippen molar-refractivity contribution in [2.75, 3.05) is 4.90 Å². The number of anilines is 3. The maximum absolute atomic E-state index is 2.46. The van der Waals surface area contributed by atoms with Crippen LogP contribution in [0.4, 0.5) is 17.1 Å². The lowest BCUT2D eigenvalue weighted by atomic mass is 9.91. The minimum absolute atomic E-state index is 1.13. The molecule has 0 fully saturated rings. The second-order valence-corrected chi connectivity index (χ2v) is 14.6. The van der Waals surface area contributed by atoms with Crippen molar-refractivity contribution in [2.24, 2.45) is 0 Å². The molecule has 2 heterocycles. The van der Waals surface area contributed by atoms with Crippen molar-refractivity contribution in [1.29, 1.82) is 0 Å². The molecular formula is C46H29NS2. The molecule has 3 heteroatoms. The first kappa shape index (κ1) is 28.3. The summed E-state index contributed by atoms with van der Waals surface area (Å²) in [5, 5.41) is 7.70. The van der Waals surface area contributed by atoms with Gasteiger partial charge in [-0.3, -0.25) is 0 Å². The Kier molecular flexibility index (Phi) is 6.61. The van der Waals surface area contributed by atoms with E-state index in [0.29, 0.717) is 0 Å². The molecule has 1 nitrogen and oxygen atoms in total. The van der Waals surface area contributed by atoms with Gasteiger partial charge in [-0.15, -0.1) is 22.7 Å². The van der Waals surface area contributed by atoms with Crippen LogP contribution in [0.25, 0.3) is 73.4 Å². The number of benzene rings is 8. The maximum atomic E-state index is 2.46. The van der Waals surface area contributed by atoms with Crippen LogP contribution in [0.5, 0.6) is 0 Å². The van der Waals surface area contributed by atoms with Crippen LogP contribution in [0.1, 0.15) is 0 Å². The van der Waals surface area contributed by atoms with Crippen molar-refractivity contribution in [3.8, 4) is 22.3 Å². The molecule has 0 aliphatic heterocycles. The second kappa shape index (κ2) is 11.5. The van der Waals surface area contributed by atoms with Crippen molar-refractivity contribution in [3.63, 3.8) is 0 Å². The molecule has 0 radical (unpaired) electrons. The molecule has 49 heavy (non-hydrogen) atoms. The minimum atomic E-state index is 1.13. The zero-order chi connectivity index (χ0) is 32.3. The molecule has 10 aromatic rings. The van der Waals surface area contributed by atoms with Crippen LogP contribution in [0.3, 0.4) is 0 Å². The summed E-state index contributed by atoms with van der Waals surface area (Å²) in [7, 11) is 0. The number of thiophene rings is 2. The largest absolute Gasteiger partial charge is 0.309 e. The molecular weight excluding hydrogens is 631 g/mol. The van der Waals surface area contributed by atoms with Crippen molar-refractivity contribution in [1.82, 2.24) is 0 Å². The van der Waals surface area contributed by atoms with Gasteiger partial charge in [-0.25, -0.2) is 0 Å². The van der Waals surface area contributed by atoms with Crippen LogP contribution >= 0.6 is 22.7 Å². The summed E-state index contributed by atoms with van der Waals surface area (Å²) in [6.07, 6.45) is 0. The Bertz CT molecular complexity index is 2840. The van der Waals surface area contributed by atoms with Gasteiger partial charge in [0.1, 0.15) is 0 Å². The van der Waals surface area contributed by atoms with Gasteiger partial charge in [-0.05, 0) is 81.6 Å². The molecule has 0 bridgehead atoms. The first-order chi connectivity index (χ1) is 24.3. The Morgan fingerprint density at radius 3 is 1.90 bits per heavy atom. The summed E-state index contributed by atoms with van der Waals surface area (Å²) in [6.45, 7) is 0. The van der Waals surface area contributed by atoms with E-state index in [-0.39, 0.29) is 0 Å². The molecule has 0 saturated heterocycles. The van der Waals surface area contributed by atoms with Crippen LogP contribution in [0, 0.1) is 0 Å². The van der Waals surface area contributed by atoms with Gasteiger partial charge >= 0.3 is 0 Å². The third-order valence-corrected chi connectivity index (χ3v) is 12.0. The lowest BCUT2D eigenvalue weighted by Crippen LogP contribution is -2.10. The van der Waals surface area contributed by atoms with E-state index in [1.54, 1.807) is 0 Å². The van der Waals surface area contributed by atoms with Gasteiger partial charge in [-0.1, -0.05) is 127 Å². The fourth-order valence-electron chi connectivity index (χ4n) is 7.41. The molecule has 0 spiro atoms. The van der Waals surface area contributed by atoms with Crippen LogP contribution in [-0.2, 0) is 0 Å². The van der Waals surface area contributed by atoms with E-state index in [4.69, 9.17) is 0 Å². The molecule has 0 atom stereocenters. The van der Waals surface area contributed by atoms with Gasteiger partial charge in [0.25, 0.3) is 0 Å². The topological polar surface area (TPSA) is 3.24 Å². The van der Waals surface area contributed by atoms with Gasteiger partial charge in [0.2, 0.25) is 0 Å². The molecule has 8 aromatic carbocycles. The van der Waals surface area contributed by atoms with E-state index >= 15 is 0 Å². The van der Waals surface area contributed by atoms with Gasteiger partial charge in [-0.2, -0.15) is 0 Å². The molecule has 0 aliphatic rings. The average molecular weight is 660 g/mol. The summed E-state index contributed by atoms with van der Waals surface area (Å²) in [5.41, 5.74) is 8.38. The van der Waals surface area contributed by atoms with E-state index in [2.05, 4.69) is 181 Å². The molecule has 2 aromatic heterocycles. The summed E-state index contributed by atoms with van der Waals surface area (Å²) >= 11 is 3.74. The maximum Gasteiger partial charge on any atom is 0.0640 e. The monoisotopic (exact) mass is 659 g/mol. The molecule has 230 valence electrons. The van der Waals surface area contributed by atoms with Gasteiger partial charge in [0.05, 0.1) is 10.4 Å². The van der Waals surface area contributed by atoms with E-state index in [1.165, 1.54) is 79.1 Å².